The van der Waals surface area contributed by atoms with Crippen molar-refractivity contribution in [1.29, 1.82) is 0 Å². The molecule has 7 rings (SSSR count). The monoisotopic (exact) mass is 425 g/mol. The second kappa shape index (κ2) is 6.81. The normalized spacial score (nSPS) is 11.8. The first kappa shape index (κ1) is 17.8. The van der Waals surface area contributed by atoms with Gasteiger partial charge < -0.3 is 4.57 Å². The summed E-state index contributed by atoms with van der Waals surface area (Å²) in [4.78, 5) is 0. The molecule has 2 heterocycles. The van der Waals surface area contributed by atoms with E-state index in [2.05, 4.69) is 120 Å². The van der Waals surface area contributed by atoms with Crippen molar-refractivity contribution in [1.82, 2.24) is 4.57 Å². The van der Waals surface area contributed by atoms with Crippen LogP contribution in [0.5, 0.6) is 0 Å². The molecule has 0 fully saturated rings. The number of hydrogen-bond acceptors (Lipinski definition) is 1. The molecule has 1 nitrogen and oxygen atoms in total. The topological polar surface area (TPSA) is 4.93 Å². The summed E-state index contributed by atoms with van der Waals surface area (Å²) in [5, 5.41) is 5.27. The van der Waals surface area contributed by atoms with Crippen LogP contribution in [0.25, 0.3) is 58.8 Å². The van der Waals surface area contributed by atoms with E-state index in [1.165, 1.54) is 58.8 Å². The third kappa shape index (κ3) is 2.44. The maximum absolute atomic E-state index is 2.42. The SMILES string of the molecule is c1ccc(-n2c3ccccc3c3cccc(-c4cccc5sc6ccccc6c45)c32)cc1. The summed E-state index contributed by atoms with van der Waals surface area (Å²) in [7, 11) is 0. The van der Waals surface area contributed by atoms with E-state index in [9.17, 15) is 0 Å². The first-order valence-corrected chi connectivity index (χ1v) is 11.7. The van der Waals surface area contributed by atoms with Crippen LogP contribution in [-0.4, -0.2) is 4.57 Å². The Morgan fingerprint density at radius 1 is 0.469 bits per heavy atom. The van der Waals surface area contributed by atoms with Crippen LogP contribution in [0.1, 0.15) is 0 Å². The van der Waals surface area contributed by atoms with E-state index < -0.39 is 0 Å². The zero-order valence-electron chi connectivity index (χ0n) is 17.3. The lowest BCUT2D eigenvalue weighted by Gasteiger charge is -2.12. The van der Waals surface area contributed by atoms with Gasteiger partial charge in [-0.3, -0.25) is 0 Å². The van der Waals surface area contributed by atoms with E-state index in [4.69, 9.17) is 0 Å². The number of benzene rings is 5. The highest BCUT2D eigenvalue weighted by atomic mass is 32.1. The first-order chi connectivity index (χ1) is 15.9. The van der Waals surface area contributed by atoms with Crippen LogP contribution in [-0.2, 0) is 0 Å². The van der Waals surface area contributed by atoms with Crippen LogP contribution < -0.4 is 0 Å². The van der Waals surface area contributed by atoms with Gasteiger partial charge in [0.2, 0.25) is 0 Å². The van der Waals surface area contributed by atoms with Gasteiger partial charge in [-0.05, 0) is 35.9 Å². The molecular weight excluding hydrogens is 406 g/mol. The van der Waals surface area contributed by atoms with E-state index in [1.807, 2.05) is 11.3 Å². The molecule has 0 bridgehead atoms. The van der Waals surface area contributed by atoms with Crippen LogP contribution in [0.3, 0.4) is 0 Å². The van der Waals surface area contributed by atoms with E-state index in [0.717, 1.165) is 0 Å². The van der Waals surface area contributed by atoms with Crippen molar-refractivity contribution in [3.63, 3.8) is 0 Å². The van der Waals surface area contributed by atoms with Crippen molar-refractivity contribution in [2.45, 2.75) is 0 Å². The molecule has 150 valence electrons. The molecule has 0 saturated heterocycles. The quantitative estimate of drug-likeness (QED) is 0.261. The largest absolute Gasteiger partial charge is 0.309 e. The fourth-order valence-electron chi connectivity index (χ4n) is 5.08. The van der Waals surface area contributed by atoms with Crippen molar-refractivity contribution in [3.8, 4) is 16.8 Å². The predicted octanol–water partition coefficient (Wildman–Crippen LogP) is 8.82. The molecule has 0 aliphatic rings. The Hall–Kier alpha value is -3.88. The Morgan fingerprint density at radius 2 is 1.12 bits per heavy atom. The lowest BCUT2D eigenvalue weighted by atomic mass is 9.97. The summed E-state index contributed by atoms with van der Waals surface area (Å²) >= 11 is 1.87. The molecule has 32 heavy (non-hydrogen) atoms. The molecular formula is C30H19NS. The molecule has 0 radical (unpaired) electrons. The second-order valence-electron chi connectivity index (χ2n) is 8.17. The van der Waals surface area contributed by atoms with E-state index in [-0.39, 0.29) is 0 Å². The van der Waals surface area contributed by atoms with Gasteiger partial charge in [-0.1, -0.05) is 84.9 Å². The van der Waals surface area contributed by atoms with Gasteiger partial charge in [0, 0.05) is 42.2 Å². The maximum Gasteiger partial charge on any atom is 0.0619 e. The summed E-state index contributed by atoms with van der Waals surface area (Å²) in [6.45, 7) is 0. The van der Waals surface area contributed by atoms with Gasteiger partial charge >= 0.3 is 0 Å². The summed E-state index contributed by atoms with van der Waals surface area (Å²) in [5.41, 5.74) is 6.27. The second-order valence-corrected chi connectivity index (χ2v) is 9.25. The third-order valence-corrected chi connectivity index (χ3v) is 7.54. The van der Waals surface area contributed by atoms with Gasteiger partial charge in [-0.15, -0.1) is 11.3 Å². The van der Waals surface area contributed by atoms with Gasteiger partial charge in [0.1, 0.15) is 0 Å². The molecule has 0 N–H and O–H groups in total. The first-order valence-electron chi connectivity index (χ1n) is 10.9. The molecule has 2 heteroatoms. The smallest absolute Gasteiger partial charge is 0.0619 e. The standard InChI is InChI=1S/C30H19NS/c1-2-10-20(11-3-1)31-26-17-6-4-12-21(26)23-15-8-16-24(30(23)31)22-14-9-19-28-29(22)25-13-5-7-18-27(25)32-28/h1-19H. The summed E-state index contributed by atoms with van der Waals surface area (Å²) in [5.74, 6) is 0. The van der Waals surface area contributed by atoms with Gasteiger partial charge in [-0.25, -0.2) is 0 Å². The minimum Gasteiger partial charge on any atom is -0.309 e. The number of rotatable bonds is 2. The lowest BCUT2D eigenvalue weighted by molar-refractivity contribution is 1.18. The molecule has 0 spiro atoms. The zero-order chi connectivity index (χ0) is 21.1. The summed E-state index contributed by atoms with van der Waals surface area (Å²) < 4.78 is 5.10. The van der Waals surface area contributed by atoms with Crippen molar-refractivity contribution in [3.05, 3.63) is 115 Å². The highest BCUT2D eigenvalue weighted by Gasteiger charge is 2.18. The van der Waals surface area contributed by atoms with Crippen LogP contribution in [0.2, 0.25) is 0 Å². The van der Waals surface area contributed by atoms with E-state index in [0.29, 0.717) is 0 Å². The molecule has 0 amide bonds. The molecule has 2 aromatic heterocycles. The minimum absolute atomic E-state index is 1.19. The number of aromatic nitrogens is 1. The Bertz CT molecular complexity index is 1770. The maximum atomic E-state index is 2.42. The summed E-state index contributed by atoms with van der Waals surface area (Å²) in [6.07, 6.45) is 0. The van der Waals surface area contributed by atoms with Gasteiger partial charge in [0.05, 0.1) is 11.0 Å². The van der Waals surface area contributed by atoms with Crippen LogP contribution in [0, 0.1) is 0 Å². The minimum atomic E-state index is 1.19. The van der Waals surface area contributed by atoms with Crippen molar-refractivity contribution in [2.24, 2.45) is 0 Å². The summed E-state index contributed by atoms with van der Waals surface area (Å²) in [6, 6.07) is 41.7. The van der Waals surface area contributed by atoms with Crippen LogP contribution >= 0.6 is 11.3 Å². The zero-order valence-corrected chi connectivity index (χ0v) is 18.1. The van der Waals surface area contributed by atoms with Crippen molar-refractivity contribution in [2.75, 3.05) is 0 Å². The van der Waals surface area contributed by atoms with Crippen LogP contribution in [0.15, 0.2) is 115 Å². The Kier molecular flexibility index (Phi) is 3.78. The Labute approximate surface area is 189 Å². The predicted molar refractivity (Wildman–Crippen MR) is 139 cm³/mol. The number of fused-ring (bicyclic) bond motifs is 6. The highest BCUT2D eigenvalue weighted by molar-refractivity contribution is 7.25. The molecule has 5 aromatic carbocycles. The van der Waals surface area contributed by atoms with Gasteiger partial charge in [0.25, 0.3) is 0 Å². The van der Waals surface area contributed by atoms with E-state index in [1.54, 1.807) is 0 Å². The number of para-hydroxylation sites is 3. The van der Waals surface area contributed by atoms with Crippen molar-refractivity contribution < 1.29 is 0 Å². The van der Waals surface area contributed by atoms with Gasteiger partial charge in [0.15, 0.2) is 0 Å². The molecule has 0 aliphatic carbocycles. The highest BCUT2D eigenvalue weighted by Crippen LogP contribution is 2.44. The third-order valence-electron chi connectivity index (χ3n) is 6.40. The lowest BCUT2D eigenvalue weighted by Crippen LogP contribution is -1.95. The Morgan fingerprint density at radius 3 is 2.03 bits per heavy atom. The molecule has 0 aliphatic heterocycles. The Balaban J connectivity index is 1.69. The fraction of sp³-hybridized carbons (Fsp3) is 0. The molecule has 0 atom stereocenters. The van der Waals surface area contributed by atoms with Crippen molar-refractivity contribution >= 4 is 53.3 Å². The fourth-order valence-corrected chi connectivity index (χ4v) is 6.21. The molecule has 0 saturated carbocycles. The molecule has 7 aromatic rings. The average Bonchev–Trinajstić information content (AvgIpc) is 3.40. The number of hydrogen-bond donors (Lipinski definition) is 0. The number of thiophene rings is 1. The van der Waals surface area contributed by atoms with Crippen LogP contribution in [0.4, 0.5) is 0 Å². The average molecular weight is 426 g/mol. The molecule has 0 unspecified atom stereocenters. The van der Waals surface area contributed by atoms with E-state index >= 15 is 0 Å². The van der Waals surface area contributed by atoms with Gasteiger partial charge in [-0.2, -0.15) is 0 Å². The number of nitrogens with zero attached hydrogens (tertiary/aromatic N) is 1.